The van der Waals surface area contributed by atoms with Crippen molar-refractivity contribution in [3.05, 3.63) is 130 Å². The highest BCUT2D eigenvalue weighted by Gasteiger charge is 2.74. The normalized spacial score (nSPS) is 38.5. The lowest BCUT2D eigenvalue weighted by Crippen LogP contribution is -2.67. The number of carbonyl (C=O) groups is 1. The molecule has 0 aromatic heterocycles. The minimum atomic E-state index is -1.26. The number of Topliss-reactive ketones (excluding diaryl/α,β-unsaturated/α-hetero) is 1. The molecule has 284 valence electrons. The number of nitrogens with zero attached hydrogens (tertiary/aromatic N) is 1. The summed E-state index contributed by atoms with van der Waals surface area (Å²) in [5.41, 5.74) is -1.48. The fourth-order valence-corrected chi connectivity index (χ4v) is 13.6. The zero-order valence-corrected chi connectivity index (χ0v) is 32.2. The Hall–Kier alpha value is -3.13. The van der Waals surface area contributed by atoms with Crippen molar-refractivity contribution >= 4 is 17.4 Å². The first-order chi connectivity index (χ1) is 25.8. The molecule has 1 aliphatic heterocycles. The number of rotatable bonds is 8. The molecule has 1 heterocycles. The van der Waals surface area contributed by atoms with Gasteiger partial charge in [0, 0.05) is 51.4 Å². The molecular formula is C47H53ClFNO4. The average molecular weight is 750 g/mol. The number of ketones is 1. The van der Waals surface area contributed by atoms with E-state index in [0.29, 0.717) is 19.4 Å². The van der Waals surface area contributed by atoms with E-state index in [9.17, 15) is 20.1 Å². The van der Waals surface area contributed by atoms with Crippen LogP contribution in [0.15, 0.2) is 103 Å². The summed E-state index contributed by atoms with van der Waals surface area (Å²) in [4.78, 5) is 17.2. The maximum atomic E-state index is 15.2. The highest BCUT2D eigenvalue weighted by Crippen LogP contribution is 2.78. The maximum absolute atomic E-state index is 15.2. The minimum absolute atomic E-state index is 0.0264. The third kappa shape index (κ3) is 4.92. The summed E-state index contributed by atoms with van der Waals surface area (Å²) >= 11 is 6.52. The van der Waals surface area contributed by atoms with Crippen LogP contribution in [0, 0.1) is 39.3 Å². The number of halogens is 2. The number of aliphatic hydroxyl groups is 3. The monoisotopic (exact) mass is 749 g/mol. The summed E-state index contributed by atoms with van der Waals surface area (Å²) in [7, 11) is 0. The number of carbonyl (C=O) groups excluding carboxylic acids is 1. The van der Waals surface area contributed by atoms with E-state index in [-0.39, 0.29) is 46.1 Å². The Balaban J connectivity index is 1.11. The molecular weight excluding hydrogens is 697 g/mol. The van der Waals surface area contributed by atoms with Gasteiger partial charge in [0.05, 0.1) is 11.7 Å². The standard InChI is InChI=1S/C47H53ClFNO4/c1-42-21-18-33(51)28-44(42)24-25-46(35(29-44)38(52)27-34-36(48)15-9-16-37(34)49)39(42)19-22-43(2)40(46)20-23-45(43,53)30-50-26-10-17-41(50)47(54,31-11-5-3-6-12-31)32-13-7-4-8-14-32/h3-9,11-16,24-25,29,33,39-41,51,53-54H,10,17-23,26-28,30H2,1-2H3. The Morgan fingerprint density at radius 3 is 2.20 bits per heavy atom. The fraction of sp³-hybridized carbons (Fsp3) is 0.511. The van der Waals surface area contributed by atoms with Crippen LogP contribution in [0.2, 0.25) is 5.02 Å². The van der Waals surface area contributed by atoms with Gasteiger partial charge in [-0.25, -0.2) is 4.39 Å². The molecule has 6 aliphatic carbocycles. The lowest BCUT2D eigenvalue weighted by molar-refractivity contribution is -0.181. The molecule has 0 amide bonds. The first-order valence-electron chi connectivity index (χ1n) is 20.2. The minimum Gasteiger partial charge on any atom is -0.393 e. The molecule has 3 saturated carbocycles. The molecule has 54 heavy (non-hydrogen) atoms. The van der Waals surface area contributed by atoms with Gasteiger partial charge >= 0.3 is 0 Å². The number of benzene rings is 3. The molecule has 3 N–H and O–H groups in total. The van der Waals surface area contributed by atoms with E-state index in [4.69, 9.17) is 11.6 Å². The molecule has 7 aliphatic rings. The maximum Gasteiger partial charge on any atom is 0.164 e. The molecule has 4 fully saturated rings. The van der Waals surface area contributed by atoms with Gasteiger partial charge in [0.2, 0.25) is 0 Å². The predicted octanol–water partition coefficient (Wildman–Crippen LogP) is 8.58. The lowest BCUT2D eigenvalue weighted by Gasteiger charge is -2.71. The number of aliphatic hydroxyl groups excluding tert-OH is 1. The van der Waals surface area contributed by atoms with E-state index in [1.165, 1.54) is 6.07 Å². The fourth-order valence-electron chi connectivity index (χ4n) is 13.4. The molecule has 7 heteroatoms. The van der Waals surface area contributed by atoms with Crippen molar-refractivity contribution in [2.75, 3.05) is 13.1 Å². The highest BCUT2D eigenvalue weighted by atomic mass is 35.5. The van der Waals surface area contributed by atoms with Gasteiger partial charge in [-0.15, -0.1) is 0 Å². The Morgan fingerprint density at radius 1 is 0.870 bits per heavy atom. The number of likely N-dealkylation sites (tertiary alicyclic amines) is 1. The van der Waals surface area contributed by atoms with Gasteiger partial charge < -0.3 is 15.3 Å². The number of allylic oxidation sites excluding steroid dienone is 4. The summed E-state index contributed by atoms with van der Waals surface area (Å²) in [6, 6.07) is 24.2. The molecule has 9 atom stereocenters. The van der Waals surface area contributed by atoms with E-state index < -0.39 is 39.4 Å². The van der Waals surface area contributed by atoms with Gasteiger partial charge in [0.15, 0.2) is 5.78 Å². The quantitative estimate of drug-likeness (QED) is 0.201. The zero-order valence-electron chi connectivity index (χ0n) is 31.5. The van der Waals surface area contributed by atoms with Crippen LogP contribution in [0.3, 0.4) is 0 Å². The first kappa shape index (κ1) is 36.5. The van der Waals surface area contributed by atoms with Crippen molar-refractivity contribution in [3.8, 4) is 0 Å². The molecule has 5 nitrogen and oxygen atoms in total. The van der Waals surface area contributed by atoms with Crippen LogP contribution in [0.5, 0.6) is 0 Å². The van der Waals surface area contributed by atoms with E-state index in [1.807, 2.05) is 60.7 Å². The van der Waals surface area contributed by atoms with E-state index in [0.717, 1.165) is 68.2 Å². The largest absolute Gasteiger partial charge is 0.393 e. The second kappa shape index (κ2) is 12.7. The third-order valence-corrected chi connectivity index (χ3v) is 16.5. The first-order valence-corrected chi connectivity index (χ1v) is 20.6. The van der Waals surface area contributed by atoms with Gasteiger partial charge in [0.1, 0.15) is 11.4 Å². The number of hydrogen-bond acceptors (Lipinski definition) is 5. The molecule has 1 saturated heterocycles. The smallest absolute Gasteiger partial charge is 0.164 e. The second-order valence-electron chi connectivity index (χ2n) is 18.2. The average Bonchev–Trinajstić information content (AvgIpc) is 3.74. The Bertz CT molecular complexity index is 1960. The van der Waals surface area contributed by atoms with E-state index in [1.54, 1.807) is 12.1 Å². The molecule has 3 aromatic rings. The summed E-state index contributed by atoms with van der Waals surface area (Å²) in [5.74, 6) is -0.480. The van der Waals surface area contributed by atoms with Crippen molar-refractivity contribution < 1.29 is 24.5 Å². The van der Waals surface area contributed by atoms with Crippen LogP contribution in [-0.4, -0.2) is 56.8 Å². The van der Waals surface area contributed by atoms with Gasteiger partial charge in [-0.1, -0.05) is 110 Å². The Labute approximate surface area is 323 Å². The molecule has 3 aromatic carbocycles. The Morgan fingerprint density at radius 2 is 1.52 bits per heavy atom. The van der Waals surface area contributed by atoms with Crippen molar-refractivity contribution in [1.29, 1.82) is 0 Å². The summed E-state index contributed by atoms with van der Waals surface area (Å²) in [6.45, 7) is 5.84. The van der Waals surface area contributed by atoms with Crippen LogP contribution in [-0.2, 0) is 16.8 Å². The molecule has 0 radical (unpaired) electrons. The highest BCUT2D eigenvalue weighted by molar-refractivity contribution is 6.31. The second-order valence-corrected chi connectivity index (χ2v) is 18.6. The predicted molar refractivity (Wildman–Crippen MR) is 209 cm³/mol. The Kier molecular flexibility index (Phi) is 8.58. The van der Waals surface area contributed by atoms with Crippen molar-refractivity contribution in [2.24, 2.45) is 33.5 Å². The van der Waals surface area contributed by atoms with Gasteiger partial charge in [0.25, 0.3) is 0 Å². The third-order valence-electron chi connectivity index (χ3n) is 16.1. The lowest BCUT2D eigenvalue weighted by atomic mass is 9.32. The van der Waals surface area contributed by atoms with E-state index >= 15 is 4.39 Å². The summed E-state index contributed by atoms with van der Waals surface area (Å²) in [6.07, 6.45) is 13.1. The molecule has 9 unspecified atom stereocenters. The number of hydrogen-bond donors (Lipinski definition) is 3. The SMILES string of the molecule is CC12CCC(O)CC13C=CC1(C(C(=O)Cc4c(F)cccc4Cl)=C3)C2CCC2(C)C1CCC2(O)CN1CCCC1C(O)(c1ccccc1)c1ccccc1. The molecule has 2 bridgehead atoms. The van der Waals surface area contributed by atoms with Gasteiger partial charge in [-0.05, 0) is 105 Å². The number of β-amino-alcohol motifs (C(OH)–C–C–N with tert-alkyl or cyclic N) is 1. The van der Waals surface area contributed by atoms with Crippen LogP contribution < -0.4 is 0 Å². The van der Waals surface area contributed by atoms with Crippen LogP contribution in [0.25, 0.3) is 0 Å². The number of fused-ring (bicyclic) bond motifs is 1. The van der Waals surface area contributed by atoms with Gasteiger partial charge in [-0.2, -0.15) is 0 Å². The van der Waals surface area contributed by atoms with E-state index in [2.05, 4.69) is 37.0 Å². The zero-order chi connectivity index (χ0) is 37.7. The molecule has 2 spiro atoms. The summed E-state index contributed by atoms with van der Waals surface area (Å²) < 4.78 is 15.2. The molecule has 10 rings (SSSR count). The topological polar surface area (TPSA) is 81.0 Å². The van der Waals surface area contributed by atoms with Crippen LogP contribution in [0.1, 0.15) is 88.3 Å². The van der Waals surface area contributed by atoms with Gasteiger partial charge in [-0.3, -0.25) is 9.69 Å². The van der Waals surface area contributed by atoms with Crippen molar-refractivity contribution in [2.45, 2.75) is 101 Å². The summed E-state index contributed by atoms with van der Waals surface area (Å²) in [5, 5.41) is 37.5. The van der Waals surface area contributed by atoms with Crippen molar-refractivity contribution in [3.63, 3.8) is 0 Å². The van der Waals surface area contributed by atoms with Crippen LogP contribution in [0.4, 0.5) is 4.39 Å². The van der Waals surface area contributed by atoms with Crippen molar-refractivity contribution in [1.82, 2.24) is 4.90 Å². The van der Waals surface area contributed by atoms with Crippen LogP contribution >= 0.6 is 11.6 Å².